The number of rotatable bonds is 6. The van der Waals surface area contributed by atoms with Gasteiger partial charge in [-0.25, -0.2) is 0 Å². The highest BCUT2D eigenvalue weighted by Gasteiger charge is 2.19. The molecule has 4 heteroatoms. The summed E-state index contributed by atoms with van der Waals surface area (Å²) in [6.07, 6.45) is 3.62. The van der Waals surface area contributed by atoms with Gasteiger partial charge in [-0.2, -0.15) is 0 Å². The van der Waals surface area contributed by atoms with Gasteiger partial charge in [0.1, 0.15) is 0 Å². The van der Waals surface area contributed by atoms with Gasteiger partial charge in [-0.15, -0.1) is 0 Å². The molecule has 2 aromatic carbocycles. The first-order valence-corrected chi connectivity index (χ1v) is 9.32. The fraction of sp³-hybridized carbons (Fsp3) is 0.400. The van der Waals surface area contributed by atoms with Crippen LogP contribution in [0.5, 0.6) is 11.5 Å². The molecule has 0 radical (unpaired) electrons. The van der Waals surface area contributed by atoms with E-state index in [0.717, 1.165) is 22.5 Å². The summed E-state index contributed by atoms with van der Waals surface area (Å²) in [4.78, 5) is 0. The molecular formula is C20H24BrNO2. The standard InChI is InChI=1S/C20H24BrNO2/c1-3-24-19-12-14(11-17(21)20(19)23-2)13-22-18-10-6-8-15-7-4-5-9-16(15)18/h4-5,7,9,11-12,18,22H,3,6,8,10,13H2,1-2H3/t18-/m0/s1. The van der Waals surface area contributed by atoms with Crippen LogP contribution in [0.2, 0.25) is 0 Å². The van der Waals surface area contributed by atoms with Crippen molar-refractivity contribution in [3.63, 3.8) is 0 Å². The number of hydrogen-bond acceptors (Lipinski definition) is 3. The molecule has 3 nitrogen and oxygen atoms in total. The maximum atomic E-state index is 5.71. The van der Waals surface area contributed by atoms with Crippen LogP contribution < -0.4 is 14.8 Å². The molecule has 0 aliphatic heterocycles. The molecule has 0 saturated heterocycles. The average molecular weight is 390 g/mol. The van der Waals surface area contributed by atoms with Gasteiger partial charge in [-0.1, -0.05) is 24.3 Å². The van der Waals surface area contributed by atoms with Gasteiger partial charge in [-0.05, 0) is 70.9 Å². The van der Waals surface area contributed by atoms with E-state index < -0.39 is 0 Å². The average Bonchev–Trinajstić information content (AvgIpc) is 2.60. The van der Waals surface area contributed by atoms with Gasteiger partial charge in [0, 0.05) is 12.6 Å². The number of ether oxygens (including phenoxy) is 2. The molecule has 1 atom stereocenters. The summed E-state index contributed by atoms with van der Waals surface area (Å²) in [5.74, 6) is 1.54. The highest BCUT2D eigenvalue weighted by Crippen LogP contribution is 2.37. The van der Waals surface area contributed by atoms with Gasteiger partial charge in [0.2, 0.25) is 0 Å². The molecule has 1 aliphatic rings. The van der Waals surface area contributed by atoms with E-state index in [4.69, 9.17) is 9.47 Å². The maximum absolute atomic E-state index is 5.71. The van der Waals surface area contributed by atoms with Gasteiger partial charge < -0.3 is 14.8 Å². The van der Waals surface area contributed by atoms with Crippen molar-refractivity contribution in [3.05, 3.63) is 57.6 Å². The number of halogens is 1. The van der Waals surface area contributed by atoms with E-state index in [2.05, 4.69) is 57.6 Å². The van der Waals surface area contributed by atoms with Crippen LogP contribution in [-0.2, 0) is 13.0 Å². The lowest BCUT2D eigenvalue weighted by molar-refractivity contribution is 0.309. The van der Waals surface area contributed by atoms with Crippen molar-refractivity contribution in [2.45, 2.75) is 38.8 Å². The number of fused-ring (bicyclic) bond motifs is 1. The zero-order chi connectivity index (χ0) is 16.9. The molecule has 0 heterocycles. The summed E-state index contributed by atoms with van der Waals surface area (Å²) in [5.41, 5.74) is 4.11. The van der Waals surface area contributed by atoms with Crippen molar-refractivity contribution in [1.82, 2.24) is 5.32 Å². The second-order valence-electron chi connectivity index (χ2n) is 6.07. The summed E-state index contributed by atoms with van der Waals surface area (Å²) in [6, 6.07) is 13.4. The van der Waals surface area contributed by atoms with Crippen LogP contribution in [0.25, 0.3) is 0 Å². The lowest BCUT2D eigenvalue weighted by Gasteiger charge is -2.26. The highest BCUT2D eigenvalue weighted by molar-refractivity contribution is 9.10. The second-order valence-corrected chi connectivity index (χ2v) is 6.92. The van der Waals surface area contributed by atoms with Crippen molar-refractivity contribution in [1.29, 1.82) is 0 Å². The van der Waals surface area contributed by atoms with Gasteiger partial charge >= 0.3 is 0 Å². The van der Waals surface area contributed by atoms with Gasteiger partial charge in [-0.3, -0.25) is 0 Å². The number of methoxy groups -OCH3 is 1. The third kappa shape index (κ3) is 3.76. The minimum absolute atomic E-state index is 0.423. The molecule has 0 unspecified atom stereocenters. The van der Waals surface area contributed by atoms with E-state index in [1.54, 1.807) is 7.11 Å². The lowest BCUT2D eigenvalue weighted by atomic mass is 9.87. The van der Waals surface area contributed by atoms with Crippen LogP contribution in [0.4, 0.5) is 0 Å². The molecule has 0 saturated carbocycles. The third-order valence-corrected chi connectivity index (χ3v) is 5.08. The Morgan fingerprint density at radius 3 is 2.88 bits per heavy atom. The quantitative estimate of drug-likeness (QED) is 0.751. The Morgan fingerprint density at radius 2 is 2.08 bits per heavy atom. The topological polar surface area (TPSA) is 30.5 Å². The molecule has 0 spiro atoms. The largest absolute Gasteiger partial charge is 0.492 e. The van der Waals surface area contributed by atoms with Crippen molar-refractivity contribution in [2.75, 3.05) is 13.7 Å². The molecule has 3 rings (SSSR count). The Hall–Kier alpha value is -1.52. The van der Waals surface area contributed by atoms with Crippen molar-refractivity contribution in [3.8, 4) is 11.5 Å². The molecule has 24 heavy (non-hydrogen) atoms. The number of benzene rings is 2. The summed E-state index contributed by atoms with van der Waals surface area (Å²) in [7, 11) is 1.67. The Bertz CT molecular complexity index is 702. The fourth-order valence-electron chi connectivity index (χ4n) is 3.39. The maximum Gasteiger partial charge on any atom is 0.174 e. The normalized spacial score (nSPS) is 16.5. The van der Waals surface area contributed by atoms with E-state index in [1.807, 2.05) is 6.92 Å². The minimum Gasteiger partial charge on any atom is -0.492 e. The first-order valence-electron chi connectivity index (χ1n) is 8.53. The molecule has 0 amide bonds. The van der Waals surface area contributed by atoms with Crippen molar-refractivity contribution < 1.29 is 9.47 Å². The van der Waals surface area contributed by atoms with E-state index in [1.165, 1.54) is 36.0 Å². The molecule has 0 fully saturated rings. The van der Waals surface area contributed by atoms with Gasteiger partial charge in [0.25, 0.3) is 0 Å². The summed E-state index contributed by atoms with van der Waals surface area (Å²) < 4.78 is 12.1. The van der Waals surface area contributed by atoms with E-state index in [-0.39, 0.29) is 0 Å². The second kappa shape index (κ2) is 8.04. The Morgan fingerprint density at radius 1 is 1.25 bits per heavy atom. The predicted octanol–water partition coefficient (Wildman–Crippen LogP) is 5.02. The lowest BCUT2D eigenvalue weighted by Crippen LogP contribution is -2.24. The van der Waals surface area contributed by atoms with Crippen molar-refractivity contribution in [2.24, 2.45) is 0 Å². The Kier molecular flexibility index (Phi) is 5.80. The van der Waals surface area contributed by atoms with Crippen LogP contribution in [0.15, 0.2) is 40.9 Å². The van der Waals surface area contributed by atoms with Crippen LogP contribution in [0.3, 0.4) is 0 Å². The molecule has 0 aromatic heterocycles. The molecule has 0 bridgehead atoms. The van der Waals surface area contributed by atoms with Crippen LogP contribution in [0, 0.1) is 0 Å². The molecule has 2 aromatic rings. The van der Waals surface area contributed by atoms with E-state index in [9.17, 15) is 0 Å². The molecule has 1 aliphatic carbocycles. The van der Waals surface area contributed by atoms with Crippen LogP contribution >= 0.6 is 15.9 Å². The number of nitrogens with one attached hydrogen (secondary N) is 1. The van der Waals surface area contributed by atoms with E-state index >= 15 is 0 Å². The highest BCUT2D eigenvalue weighted by atomic mass is 79.9. The monoisotopic (exact) mass is 389 g/mol. The first kappa shape index (κ1) is 17.3. The van der Waals surface area contributed by atoms with Crippen LogP contribution in [-0.4, -0.2) is 13.7 Å². The Labute approximate surface area is 152 Å². The predicted molar refractivity (Wildman–Crippen MR) is 101 cm³/mol. The van der Waals surface area contributed by atoms with Gasteiger partial charge in [0.15, 0.2) is 11.5 Å². The smallest absolute Gasteiger partial charge is 0.174 e. The summed E-state index contributed by atoms with van der Waals surface area (Å²) in [6.45, 7) is 3.41. The number of hydrogen-bond donors (Lipinski definition) is 1. The van der Waals surface area contributed by atoms with E-state index in [0.29, 0.717) is 12.6 Å². The summed E-state index contributed by atoms with van der Waals surface area (Å²) >= 11 is 3.59. The molecule has 128 valence electrons. The SMILES string of the molecule is CCOc1cc(CN[C@H]2CCCc3ccccc32)cc(Br)c1OC. The summed E-state index contributed by atoms with van der Waals surface area (Å²) in [5, 5.41) is 3.71. The zero-order valence-electron chi connectivity index (χ0n) is 14.3. The molecular weight excluding hydrogens is 366 g/mol. The number of aryl methyl sites for hydroxylation is 1. The van der Waals surface area contributed by atoms with Crippen molar-refractivity contribution >= 4 is 15.9 Å². The van der Waals surface area contributed by atoms with Crippen LogP contribution in [0.1, 0.15) is 42.5 Å². The zero-order valence-corrected chi connectivity index (χ0v) is 15.9. The third-order valence-electron chi connectivity index (χ3n) is 4.50. The molecule has 1 N–H and O–H groups in total. The minimum atomic E-state index is 0.423. The fourth-order valence-corrected chi connectivity index (χ4v) is 4.04. The first-order chi connectivity index (χ1) is 11.7. The van der Waals surface area contributed by atoms with Gasteiger partial charge in [0.05, 0.1) is 18.2 Å². The Balaban J connectivity index is 1.76.